The van der Waals surface area contributed by atoms with E-state index in [0.29, 0.717) is 24.1 Å². The number of carbonyl (C=O) groups excluding carboxylic acids is 2. The molecule has 0 aliphatic heterocycles. The largest absolute Gasteiger partial charge is 0.393 e. The lowest BCUT2D eigenvalue weighted by molar-refractivity contribution is 0.102. The standard InChI is InChI=1S/C21H25N3O3/c1-14-7-8-15(20(26)22-16-5-3-2-4-6-16)13-19(14)24-21(27)23-17-9-11-18(25)12-10-17/h2-8,13,17-18,25H,9-12H2,1H3,(H,22,26)(H2,23,24,27). The molecular weight excluding hydrogens is 342 g/mol. The number of rotatable bonds is 4. The van der Waals surface area contributed by atoms with Crippen LogP contribution >= 0.6 is 0 Å². The third kappa shape index (κ3) is 5.31. The Morgan fingerprint density at radius 3 is 2.37 bits per heavy atom. The number of hydrogen-bond acceptors (Lipinski definition) is 3. The SMILES string of the molecule is Cc1ccc(C(=O)Nc2ccccc2)cc1NC(=O)NC1CCC(O)CC1. The van der Waals surface area contributed by atoms with E-state index >= 15 is 0 Å². The first-order valence-electron chi connectivity index (χ1n) is 9.24. The predicted molar refractivity (Wildman–Crippen MR) is 106 cm³/mol. The molecule has 0 heterocycles. The number of aliphatic hydroxyl groups is 1. The van der Waals surface area contributed by atoms with Gasteiger partial charge < -0.3 is 21.1 Å². The van der Waals surface area contributed by atoms with Crippen LogP contribution in [0.4, 0.5) is 16.2 Å². The molecule has 2 aromatic carbocycles. The van der Waals surface area contributed by atoms with Gasteiger partial charge in [0.05, 0.1) is 6.10 Å². The topological polar surface area (TPSA) is 90.5 Å². The van der Waals surface area contributed by atoms with Crippen molar-refractivity contribution in [3.63, 3.8) is 0 Å². The number of para-hydroxylation sites is 1. The summed E-state index contributed by atoms with van der Waals surface area (Å²) in [5.74, 6) is -0.231. The number of amides is 3. The fraction of sp³-hybridized carbons (Fsp3) is 0.333. The maximum Gasteiger partial charge on any atom is 0.319 e. The first-order valence-corrected chi connectivity index (χ1v) is 9.24. The van der Waals surface area contributed by atoms with Crippen LogP contribution in [-0.2, 0) is 0 Å². The summed E-state index contributed by atoms with van der Waals surface area (Å²) in [5, 5.41) is 18.2. The minimum absolute atomic E-state index is 0.0678. The molecule has 6 heteroatoms. The summed E-state index contributed by atoms with van der Waals surface area (Å²) in [4.78, 5) is 24.7. The highest BCUT2D eigenvalue weighted by molar-refractivity contribution is 6.05. The van der Waals surface area contributed by atoms with E-state index in [-0.39, 0.29) is 24.1 Å². The van der Waals surface area contributed by atoms with Crippen LogP contribution in [0.2, 0.25) is 0 Å². The van der Waals surface area contributed by atoms with Gasteiger partial charge in [-0.2, -0.15) is 0 Å². The molecule has 0 aromatic heterocycles. The molecule has 1 aliphatic carbocycles. The first-order chi connectivity index (χ1) is 13.0. The number of nitrogens with one attached hydrogen (secondary N) is 3. The monoisotopic (exact) mass is 367 g/mol. The second kappa shape index (κ2) is 8.68. The van der Waals surface area contributed by atoms with E-state index in [1.54, 1.807) is 12.1 Å². The maximum absolute atomic E-state index is 12.4. The van der Waals surface area contributed by atoms with Crippen molar-refractivity contribution in [1.82, 2.24) is 5.32 Å². The lowest BCUT2D eigenvalue weighted by atomic mass is 9.93. The summed E-state index contributed by atoms with van der Waals surface area (Å²) < 4.78 is 0. The Morgan fingerprint density at radius 2 is 1.67 bits per heavy atom. The van der Waals surface area contributed by atoms with Crippen molar-refractivity contribution in [2.45, 2.75) is 44.8 Å². The zero-order valence-electron chi connectivity index (χ0n) is 15.4. The molecule has 1 aliphatic rings. The highest BCUT2D eigenvalue weighted by atomic mass is 16.3. The van der Waals surface area contributed by atoms with Crippen LogP contribution in [-0.4, -0.2) is 29.2 Å². The molecule has 0 spiro atoms. The zero-order valence-corrected chi connectivity index (χ0v) is 15.4. The van der Waals surface area contributed by atoms with E-state index in [1.165, 1.54) is 0 Å². The van der Waals surface area contributed by atoms with Gasteiger partial charge in [0.15, 0.2) is 0 Å². The second-order valence-corrected chi connectivity index (χ2v) is 6.95. The molecule has 4 N–H and O–H groups in total. The van der Waals surface area contributed by atoms with E-state index in [1.807, 2.05) is 43.3 Å². The van der Waals surface area contributed by atoms with Crippen molar-refractivity contribution >= 4 is 23.3 Å². The first kappa shape index (κ1) is 18.9. The van der Waals surface area contributed by atoms with Gasteiger partial charge in [-0.3, -0.25) is 4.79 Å². The van der Waals surface area contributed by atoms with Crippen LogP contribution in [0.25, 0.3) is 0 Å². The summed E-state index contributed by atoms with van der Waals surface area (Å²) in [6, 6.07) is 14.2. The summed E-state index contributed by atoms with van der Waals surface area (Å²) in [5.41, 5.74) is 2.67. The lowest BCUT2D eigenvalue weighted by Gasteiger charge is -2.26. The van der Waals surface area contributed by atoms with Gasteiger partial charge in [0.2, 0.25) is 0 Å². The molecule has 0 radical (unpaired) electrons. The van der Waals surface area contributed by atoms with E-state index in [4.69, 9.17) is 0 Å². The molecule has 2 aromatic rings. The third-order valence-corrected chi connectivity index (χ3v) is 4.81. The minimum atomic E-state index is -0.292. The number of carbonyl (C=O) groups is 2. The molecule has 0 unspecified atom stereocenters. The van der Waals surface area contributed by atoms with E-state index < -0.39 is 0 Å². The van der Waals surface area contributed by atoms with Crippen molar-refractivity contribution < 1.29 is 14.7 Å². The molecule has 0 atom stereocenters. The van der Waals surface area contributed by atoms with Crippen LogP contribution in [0.15, 0.2) is 48.5 Å². The van der Waals surface area contributed by atoms with Gasteiger partial charge in [-0.05, 0) is 62.4 Å². The average Bonchev–Trinajstić information content (AvgIpc) is 2.66. The van der Waals surface area contributed by atoms with Gasteiger partial charge in [0, 0.05) is 23.0 Å². The van der Waals surface area contributed by atoms with Crippen LogP contribution in [0.5, 0.6) is 0 Å². The Hall–Kier alpha value is -2.86. The molecular formula is C21H25N3O3. The number of anilines is 2. The molecule has 3 rings (SSSR count). The second-order valence-electron chi connectivity index (χ2n) is 6.95. The van der Waals surface area contributed by atoms with E-state index in [0.717, 1.165) is 24.1 Å². The van der Waals surface area contributed by atoms with Crippen LogP contribution in [0.1, 0.15) is 41.6 Å². The van der Waals surface area contributed by atoms with Crippen molar-refractivity contribution in [3.05, 3.63) is 59.7 Å². The van der Waals surface area contributed by atoms with Crippen LogP contribution in [0, 0.1) is 6.92 Å². The van der Waals surface area contributed by atoms with Gasteiger partial charge in [-0.1, -0.05) is 24.3 Å². The third-order valence-electron chi connectivity index (χ3n) is 4.81. The van der Waals surface area contributed by atoms with Gasteiger partial charge in [-0.15, -0.1) is 0 Å². The molecule has 1 fully saturated rings. The summed E-state index contributed by atoms with van der Waals surface area (Å²) in [6.45, 7) is 1.88. The zero-order chi connectivity index (χ0) is 19.2. The molecule has 0 saturated heterocycles. The Bertz CT molecular complexity index is 800. The Labute approximate surface area is 159 Å². The molecule has 0 bridgehead atoms. The van der Waals surface area contributed by atoms with Crippen molar-refractivity contribution in [2.75, 3.05) is 10.6 Å². The molecule has 27 heavy (non-hydrogen) atoms. The number of urea groups is 1. The number of hydrogen-bond donors (Lipinski definition) is 4. The Balaban J connectivity index is 1.62. The quantitative estimate of drug-likeness (QED) is 0.664. The fourth-order valence-corrected chi connectivity index (χ4v) is 3.19. The smallest absolute Gasteiger partial charge is 0.319 e. The number of aliphatic hydroxyl groups excluding tert-OH is 1. The molecule has 1 saturated carbocycles. The number of benzene rings is 2. The maximum atomic E-state index is 12.4. The lowest BCUT2D eigenvalue weighted by Crippen LogP contribution is -2.41. The predicted octanol–water partition coefficient (Wildman–Crippen LogP) is 3.67. The highest BCUT2D eigenvalue weighted by Gasteiger charge is 2.21. The van der Waals surface area contributed by atoms with Crippen LogP contribution in [0.3, 0.4) is 0 Å². The van der Waals surface area contributed by atoms with Crippen molar-refractivity contribution in [1.29, 1.82) is 0 Å². The number of aryl methyl sites for hydroxylation is 1. The summed E-state index contributed by atoms with van der Waals surface area (Å²) in [7, 11) is 0. The Kier molecular flexibility index (Phi) is 6.08. The molecule has 3 amide bonds. The fourth-order valence-electron chi connectivity index (χ4n) is 3.19. The van der Waals surface area contributed by atoms with Gasteiger partial charge in [-0.25, -0.2) is 4.79 Å². The Morgan fingerprint density at radius 1 is 0.963 bits per heavy atom. The highest BCUT2D eigenvalue weighted by Crippen LogP contribution is 2.20. The normalized spacial score (nSPS) is 19.2. The molecule has 142 valence electrons. The van der Waals surface area contributed by atoms with E-state index in [2.05, 4.69) is 16.0 Å². The van der Waals surface area contributed by atoms with Crippen molar-refractivity contribution in [2.24, 2.45) is 0 Å². The van der Waals surface area contributed by atoms with Gasteiger partial charge in [0.25, 0.3) is 5.91 Å². The average molecular weight is 367 g/mol. The summed E-state index contributed by atoms with van der Waals surface area (Å²) in [6.07, 6.45) is 2.70. The van der Waals surface area contributed by atoms with Gasteiger partial charge in [0.1, 0.15) is 0 Å². The van der Waals surface area contributed by atoms with Crippen LogP contribution < -0.4 is 16.0 Å². The van der Waals surface area contributed by atoms with Crippen molar-refractivity contribution in [3.8, 4) is 0 Å². The molecule has 6 nitrogen and oxygen atoms in total. The summed E-state index contributed by atoms with van der Waals surface area (Å²) >= 11 is 0. The van der Waals surface area contributed by atoms with Gasteiger partial charge >= 0.3 is 6.03 Å². The minimum Gasteiger partial charge on any atom is -0.393 e. The van der Waals surface area contributed by atoms with E-state index in [9.17, 15) is 14.7 Å².